The lowest BCUT2D eigenvalue weighted by Gasteiger charge is -2.30. The quantitative estimate of drug-likeness (QED) is 0.549. The van der Waals surface area contributed by atoms with Crippen LogP contribution in [0.5, 0.6) is 0 Å². The van der Waals surface area contributed by atoms with Crippen molar-refractivity contribution >= 4 is 11.5 Å². The highest BCUT2D eigenvalue weighted by molar-refractivity contribution is 5.55. The van der Waals surface area contributed by atoms with E-state index < -0.39 is 4.92 Å². The number of likely N-dealkylation sites (N-methyl/N-ethyl adjacent to an activating group) is 1. The summed E-state index contributed by atoms with van der Waals surface area (Å²) in [5.74, 6) is 0.378. The van der Waals surface area contributed by atoms with Crippen LogP contribution in [0.2, 0.25) is 0 Å². The maximum absolute atomic E-state index is 10.8. The lowest BCUT2D eigenvalue weighted by molar-refractivity contribution is -0.385. The van der Waals surface area contributed by atoms with Gasteiger partial charge in [-0.25, -0.2) is 4.98 Å². The van der Waals surface area contributed by atoms with Crippen molar-refractivity contribution < 1.29 is 4.92 Å². The Morgan fingerprint density at radius 2 is 2.00 bits per heavy atom. The third-order valence-electron chi connectivity index (χ3n) is 4.35. The predicted molar refractivity (Wildman–Crippen MR) is 101 cm³/mol. The Kier molecular flexibility index (Phi) is 7.06. The van der Waals surface area contributed by atoms with Gasteiger partial charge in [0.2, 0.25) is 0 Å². The van der Waals surface area contributed by atoms with Crippen LogP contribution in [0.15, 0.2) is 42.6 Å². The molecule has 1 N–H and O–H groups in total. The maximum Gasteiger partial charge on any atom is 0.289 e. The van der Waals surface area contributed by atoms with E-state index in [1.54, 1.807) is 0 Å². The molecule has 1 atom stereocenters. The van der Waals surface area contributed by atoms with Crippen LogP contribution in [-0.2, 0) is 6.42 Å². The highest BCUT2D eigenvalue weighted by atomic mass is 16.6. The van der Waals surface area contributed by atoms with E-state index in [0.717, 1.165) is 19.5 Å². The fourth-order valence-electron chi connectivity index (χ4n) is 2.95. The zero-order valence-corrected chi connectivity index (χ0v) is 15.1. The minimum atomic E-state index is -0.550. The summed E-state index contributed by atoms with van der Waals surface area (Å²) in [4.78, 5) is 16.7. The number of hydrogen-bond acceptors (Lipinski definition) is 6. The molecule has 1 heterocycles. The Balaban J connectivity index is 2.16. The van der Waals surface area contributed by atoms with Crippen LogP contribution in [0.25, 0.3) is 0 Å². The number of nitrogens with zero attached hydrogens (tertiary/aromatic N) is 4. The van der Waals surface area contributed by atoms with Crippen molar-refractivity contribution in [2.75, 3.05) is 25.0 Å². The van der Waals surface area contributed by atoms with E-state index in [1.807, 2.05) is 24.3 Å². The van der Waals surface area contributed by atoms with Gasteiger partial charge in [0.05, 0.1) is 4.92 Å². The number of benzene rings is 1. The summed E-state index contributed by atoms with van der Waals surface area (Å²) in [7, 11) is 0. The van der Waals surface area contributed by atoms with Crippen molar-refractivity contribution in [3.8, 4) is 6.07 Å². The van der Waals surface area contributed by atoms with Gasteiger partial charge in [0, 0.05) is 18.7 Å². The number of nitrogens with one attached hydrogen (secondary N) is 1. The first-order valence-corrected chi connectivity index (χ1v) is 8.65. The van der Waals surface area contributed by atoms with Crippen molar-refractivity contribution in [3.63, 3.8) is 0 Å². The summed E-state index contributed by atoms with van der Waals surface area (Å²) in [6.45, 7) is 6.65. The number of hydrogen-bond donors (Lipinski definition) is 1. The highest BCUT2D eigenvalue weighted by Crippen LogP contribution is 2.19. The molecule has 0 aliphatic heterocycles. The van der Waals surface area contributed by atoms with Gasteiger partial charge >= 0.3 is 0 Å². The second-order valence-corrected chi connectivity index (χ2v) is 5.90. The Labute approximate surface area is 153 Å². The molecule has 0 aliphatic rings. The Hall–Kier alpha value is -2.98. The van der Waals surface area contributed by atoms with E-state index in [9.17, 15) is 15.4 Å². The molecule has 0 bridgehead atoms. The van der Waals surface area contributed by atoms with Crippen LogP contribution in [0.1, 0.15) is 25.0 Å². The van der Waals surface area contributed by atoms with E-state index in [0.29, 0.717) is 12.4 Å². The number of pyridine rings is 1. The molecule has 0 saturated carbocycles. The number of anilines is 1. The first-order valence-electron chi connectivity index (χ1n) is 8.65. The zero-order valence-electron chi connectivity index (χ0n) is 15.1. The molecular weight excluding hydrogens is 330 g/mol. The van der Waals surface area contributed by atoms with Crippen LogP contribution in [0.4, 0.5) is 11.5 Å². The van der Waals surface area contributed by atoms with Crippen molar-refractivity contribution in [2.45, 2.75) is 26.3 Å². The van der Waals surface area contributed by atoms with Gasteiger partial charge in [0.1, 0.15) is 23.6 Å². The Morgan fingerprint density at radius 3 is 2.58 bits per heavy atom. The van der Waals surface area contributed by atoms with Crippen molar-refractivity contribution in [1.29, 1.82) is 5.26 Å². The molecule has 0 aliphatic carbocycles. The van der Waals surface area contributed by atoms with E-state index in [2.05, 4.69) is 41.2 Å². The first-order chi connectivity index (χ1) is 12.6. The summed E-state index contributed by atoms with van der Waals surface area (Å²) in [6.07, 6.45) is 2.04. The molecular formula is C19H23N5O2. The van der Waals surface area contributed by atoms with Crippen molar-refractivity contribution in [3.05, 3.63) is 63.8 Å². The Morgan fingerprint density at radius 1 is 1.31 bits per heavy atom. The zero-order chi connectivity index (χ0) is 18.9. The van der Waals surface area contributed by atoms with Crippen molar-refractivity contribution in [2.24, 2.45) is 0 Å². The second-order valence-electron chi connectivity index (χ2n) is 5.90. The molecule has 2 rings (SSSR count). The average molecular weight is 353 g/mol. The molecule has 0 radical (unpaired) electrons. The van der Waals surface area contributed by atoms with Crippen LogP contribution < -0.4 is 5.32 Å². The van der Waals surface area contributed by atoms with Gasteiger partial charge in [-0.15, -0.1) is 0 Å². The summed E-state index contributed by atoms with van der Waals surface area (Å²) in [5.41, 5.74) is 1.23. The van der Waals surface area contributed by atoms with Gasteiger partial charge in [0.25, 0.3) is 5.69 Å². The highest BCUT2D eigenvalue weighted by Gasteiger charge is 2.18. The molecule has 0 amide bonds. The van der Waals surface area contributed by atoms with Crippen LogP contribution in [0.3, 0.4) is 0 Å². The van der Waals surface area contributed by atoms with Gasteiger partial charge in [-0.1, -0.05) is 44.2 Å². The third kappa shape index (κ3) is 5.01. The predicted octanol–water partition coefficient (Wildman–Crippen LogP) is 3.23. The molecule has 1 aromatic heterocycles. The van der Waals surface area contributed by atoms with Gasteiger partial charge in [-0.05, 0) is 25.1 Å². The molecule has 7 heteroatoms. The van der Waals surface area contributed by atoms with Crippen LogP contribution in [0, 0.1) is 21.4 Å². The fraction of sp³-hybridized carbons (Fsp3) is 0.368. The monoisotopic (exact) mass is 353 g/mol. The van der Waals surface area contributed by atoms with Gasteiger partial charge in [-0.2, -0.15) is 5.26 Å². The Bertz CT molecular complexity index is 769. The summed E-state index contributed by atoms with van der Waals surface area (Å²) in [5, 5.41) is 23.3. The van der Waals surface area contributed by atoms with Crippen LogP contribution >= 0.6 is 0 Å². The second kappa shape index (κ2) is 9.49. The van der Waals surface area contributed by atoms with E-state index in [4.69, 9.17) is 0 Å². The number of aromatic nitrogens is 1. The van der Waals surface area contributed by atoms with Gasteiger partial charge < -0.3 is 5.32 Å². The topological polar surface area (TPSA) is 95.1 Å². The lowest BCUT2D eigenvalue weighted by atomic mass is 10.0. The smallest absolute Gasteiger partial charge is 0.289 e. The van der Waals surface area contributed by atoms with E-state index in [1.165, 1.54) is 17.8 Å². The average Bonchev–Trinajstić information content (AvgIpc) is 2.67. The molecule has 0 saturated heterocycles. The van der Waals surface area contributed by atoms with Crippen molar-refractivity contribution in [1.82, 2.24) is 9.88 Å². The lowest BCUT2D eigenvalue weighted by Crippen LogP contribution is -2.41. The molecule has 0 spiro atoms. The normalized spacial score (nSPS) is 11.8. The molecule has 0 unspecified atom stereocenters. The largest absolute Gasteiger partial charge is 0.367 e. The molecule has 26 heavy (non-hydrogen) atoms. The summed E-state index contributed by atoms with van der Waals surface area (Å²) < 4.78 is 0. The maximum atomic E-state index is 10.8. The molecule has 136 valence electrons. The van der Waals surface area contributed by atoms with E-state index in [-0.39, 0.29) is 17.3 Å². The number of nitro groups is 1. The molecule has 0 fully saturated rings. The van der Waals surface area contributed by atoms with E-state index >= 15 is 0 Å². The number of rotatable bonds is 9. The fourth-order valence-corrected chi connectivity index (χ4v) is 2.95. The molecule has 1 aromatic carbocycles. The van der Waals surface area contributed by atoms with Gasteiger partial charge in [0.15, 0.2) is 0 Å². The third-order valence-corrected chi connectivity index (χ3v) is 4.35. The summed E-state index contributed by atoms with van der Waals surface area (Å²) in [6, 6.07) is 13.7. The van der Waals surface area contributed by atoms with Gasteiger partial charge in [-0.3, -0.25) is 15.0 Å². The summed E-state index contributed by atoms with van der Waals surface area (Å²) >= 11 is 0. The minimum Gasteiger partial charge on any atom is -0.367 e. The van der Waals surface area contributed by atoms with Crippen LogP contribution in [-0.4, -0.2) is 40.5 Å². The molecule has 2 aromatic rings. The molecule has 7 nitrogen and oxygen atoms in total. The number of nitriles is 1. The SMILES string of the molecule is CCN(CC)[C@H](CNc1ncc([N+](=O)[O-])cc1C#N)Cc1ccccc1. The minimum absolute atomic E-state index is 0.178. The first kappa shape index (κ1) is 19.3. The standard InChI is InChI=1S/C19H23N5O2/c1-3-23(4-2)17(10-15-8-6-5-7-9-15)13-21-19-16(12-20)11-18(14-22-19)24(25)26/h5-9,11,14,17H,3-4,10,13H2,1-2H3,(H,21,22)/t17-/m0/s1.